The quantitative estimate of drug-likeness (QED) is 0.575. The molecule has 0 atom stereocenters. The maximum Gasteiger partial charge on any atom is 0.217 e. The molecule has 0 spiro atoms. The minimum Gasteiger partial charge on any atom is -0.287 e. The van der Waals surface area contributed by atoms with Gasteiger partial charge in [-0.05, 0) is 12.1 Å². The molecule has 0 aliphatic carbocycles. The van der Waals surface area contributed by atoms with E-state index in [1.54, 1.807) is 24.3 Å². The number of benzene rings is 2. The molecule has 1 heterocycles. The second kappa shape index (κ2) is 4.85. The fourth-order valence-corrected chi connectivity index (χ4v) is 3.17. The molecule has 106 valence electrons. The zero-order valence-electron chi connectivity index (χ0n) is 11.2. The Morgan fingerprint density at radius 3 is 2.23 bits per heavy atom. The van der Waals surface area contributed by atoms with Gasteiger partial charge in [0.05, 0.1) is 10.2 Å². The Morgan fingerprint density at radius 1 is 0.909 bits per heavy atom. The van der Waals surface area contributed by atoms with Gasteiger partial charge in [-0.3, -0.25) is 15.0 Å². The van der Waals surface area contributed by atoms with Crippen LogP contribution in [0.5, 0.6) is 0 Å². The van der Waals surface area contributed by atoms with Crippen LogP contribution >= 0.6 is 11.3 Å². The van der Waals surface area contributed by atoms with E-state index < -0.39 is 0 Å². The number of rotatable bonds is 2. The highest BCUT2D eigenvalue weighted by atomic mass is 32.1. The second-order valence-electron chi connectivity index (χ2n) is 4.76. The summed E-state index contributed by atoms with van der Waals surface area (Å²) in [7, 11) is 0. The van der Waals surface area contributed by atoms with Gasteiger partial charge >= 0.3 is 0 Å². The lowest BCUT2D eigenvalue weighted by Crippen LogP contribution is -2.32. The van der Waals surface area contributed by atoms with Crippen LogP contribution in [0.15, 0.2) is 63.2 Å². The first kappa shape index (κ1) is 12.8. The zero-order chi connectivity index (χ0) is 15.1. The normalized spacial score (nSPS) is 11.1. The van der Waals surface area contributed by atoms with Crippen molar-refractivity contribution in [2.45, 2.75) is 0 Å². The number of thiazole rings is 1. The number of anilines is 1. The van der Waals surface area contributed by atoms with Gasteiger partial charge in [0.2, 0.25) is 16.0 Å². The van der Waals surface area contributed by atoms with Gasteiger partial charge < -0.3 is 0 Å². The van der Waals surface area contributed by atoms with Crippen molar-refractivity contribution in [2.24, 2.45) is 5.10 Å². The number of aromatic nitrogens is 1. The molecular weight excluding hydrogens is 298 g/mol. The van der Waals surface area contributed by atoms with E-state index in [4.69, 9.17) is 0 Å². The number of fused-ring (bicyclic) bond motifs is 2. The lowest BCUT2D eigenvalue weighted by atomic mass is 10.2. The summed E-state index contributed by atoms with van der Waals surface area (Å²) in [5.74, 6) is 0. The van der Waals surface area contributed by atoms with Crippen molar-refractivity contribution < 1.29 is 0 Å². The van der Waals surface area contributed by atoms with Gasteiger partial charge in [0.15, 0.2) is 5.36 Å². The van der Waals surface area contributed by atoms with Crippen molar-refractivity contribution in [3.05, 3.63) is 74.3 Å². The van der Waals surface area contributed by atoms with Crippen molar-refractivity contribution in [3.63, 3.8) is 0 Å². The van der Waals surface area contributed by atoms with Crippen molar-refractivity contribution in [3.8, 4) is 0 Å². The fourth-order valence-electron chi connectivity index (χ4n) is 2.36. The first-order chi connectivity index (χ1) is 10.7. The molecule has 0 bridgehead atoms. The topological polar surface area (TPSA) is 71.4 Å². The third-order valence-corrected chi connectivity index (χ3v) is 4.34. The number of nitrogens with one attached hydrogen (secondary N) is 1. The van der Waals surface area contributed by atoms with E-state index in [9.17, 15) is 9.59 Å². The molecule has 5 nitrogen and oxygen atoms in total. The van der Waals surface area contributed by atoms with Crippen molar-refractivity contribution >= 4 is 37.5 Å². The highest BCUT2D eigenvalue weighted by Gasteiger charge is 2.10. The van der Waals surface area contributed by atoms with Crippen LogP contribution in [-0.2, 0) is 0 Å². The monoisotopic (exact) mass is 307 g/mol. The van der Waals surface area contributed by atoms with Crippen molar-refractivity contribution in [2.75, 3.05) is 5.43 Å². The first-order valence-corrected chi connectivity index (χ1v) is 7.43. The molecule has 22 heavy (non-hydrogen) atoms. The highest BCUT2D eigenvalue weighted by Crippen LogP contribution is 2.24. The minimum atomic E-state index is -0.353. The Hall–Kier alpha value is -2.86. The minimum absolute atomic E-state index is 0.0968. The molecule has 0 aliphatic heterocycles. The smallest absolute Gasteiger partial charge is 0.217 e. The molecule has 0 radical (unpaired) electrons. The predicted molar refractivity (Wildman–Crippen MR) is 87.7 cm³/mol. The van der Waals surface area contributed by atoms with Crippen LogP contribution in [0.4, 0.5) is 5.13 Å². The lowest BCUT2D eigenvalue weighted by molar-refractivity contribution is 1.19. The van der Waals surface area contributed by atoms with Gasteiger partial charge in [0, 0.05) is 10.8 Å². The van der Waals surface area contributed by atoms with Gasteiger partial charge in [-0.2, -0.15) is 5.10 Å². The maximum atomic E-state index is 12.2. The predicted octanol–water partition coefficient (Wildman–Crippen LogP) is 1.97. The first-order valence-electron chi connectivity index (χ1n) is 6.62. The summed E-state index contributed by atoms with van der Waals surface area (Å²) in [5, 5.41) is 5.23. The molecule has 3 aromatic carbocycles. The number of nitrogens with zero attached hydrogens (tertiary/aromatic N) is 2. The molecule has 0 aliphatic rings. The Bertz CT molecular complexity index is 1070. The number of para-hydroxylation sites is 1. The van der Waals surface area contributed by atoms with E-state index >= 15 is 0 Å². The fraction of sp³-hybridized carbons (Fsp3) is 0. The highest BCUT2D eigenvalue weighted by molar-refractivity contribution is 7.22. The molecule has 1 aromatic heterocycles. The second-order valence-corrected chi connectivity index (χ2v) is 5.79. The van der Waals surface area contributed by atoms with Gasteiger partial charge in [-0.25, -0.2) is 4.98 Å². The summed E-state index contributed by atoms with van der Waals surface area (Å²) in [6.45, 7) is 0. The summed E-state index contributed by atoms with van der Waals surface area (Å²) in [6.07, 6.45) is 0. The lowest BCUT2D eigenvalue weighted by Gasteiger charge is -1.88. The van der Waals surface area contributed by atoms with E-state index in [1.807, 2.05) is 24.3 Å². The summed E-state index contributed by atoms with van der Waals surface area (Å²) < 4.78 is 1.01. The van der Waals surface area contributed by atoms with Crippen LogP contribution in [0.25, 0.3) is 21.0 Å². The molecular formula is C16H9N3O2S. The van der Waals surface area contributed by atoms with E-state index in [2.05, 4.69) is 15.5 Å². The van der Waals surface area contributed by atoms with E-state index in [-0.39, 0.29) is 16.2 Å². The Kier molecular flexibility index (Phi) is 2.83. The summed E-state index contributed by atoms with van der Waals surface area (Å²) in [4.78, 5) is 28.7. The van der Waals surface area contributed by atoms with E-state index in [0.29, 0.717) is 15.9 Å². The van der Waals surface area contributed by atoms with Gasteiger partial charge in [0.1, 0.15) is 0 Å². The average molecular weight is 307 g/mol. The molecule has 0 amide bonds. The molecule has 4 aromatic rings. The average Bonchev–Trinajstić information content (AvgIpc) is 3.06. The van der Waals surface area contributed by atoms with Crippen LogP contribution in [0.3, 0.4) is 0 Å². The molecule has 0 saturated heterocycles. The zero-order valence-corrected chi connectivity index (χ0v) is 12.1. The molecule has 1 N–H and O–H groups in total. The van der Waals surface area contributed by atoms with E-state index in [0.717, 1.165) is 10.2 Å². The third-order valence-electron chi connectivity index (χ3n) is 3.40. The van der Waals surface area contributed by atoms with Gasteiger partial charge in [-0.1, -0.05) is 47.7 Å². The van der Waals surface area contributed by atoms with Crippen LogP contribution in [-0.4, -0.2) is 4.98 Å². The number of hydrogen-bond donors (Lipinski definition) is 1. The molecule has 0 unspecified atom stereocenters. The van der Waals surface area contributed by atoms with Crippen molar-refractivity contribution in [1.82, 2.24) is 4.98 Å². The summed E-state index contributed by atoms with van der Waals surface area (Å²) in [5.41, 5.74) is 2.87. The van der Waals surface area contributed by atoms with Gasteiger partial charge in [-0.15, -0.1) is 0 Å². The molecule has 4 rings (SSSR count). The molecule has 0 saturated carbocycles. The third kappa shape index (κ3) is 1.93. The Labute approximate surface area is 127 Å². The standard InChI is InChI=1S/C16H9N3O2S/c20-14-9-5-1-2-6-10(9)15(21)13(14)18-19-16-17-11-7-3-4-8-12(11)22-16/h1-8H,(H,17,19). The van der Waals surface area contributed by atoms with Crippen LogP contribution in [0.1, 0.15) is 0 Å². The van der Waals surface area contributed by atoms with Crippen LogP contribution in [0, 0.1) is 0 Å². The van der Waals surface area contributed by atoms with Crippen molar-refractivity contribution in [1.29, 1.82) is 0 Å². The summed E-state index contributed by atoms with van der Waals surface area (Å²) in [6, 6.07) is 14.4. The van der Waals surface area contributed by atoms with E-state index in [1.165, 1.54) is 11.3 Å². The Balaban J connectivity index is 1.83. The summed E-state index contributed by atoms with van der Waals surface area (Å²) >= 11 is 1.42. The molecule has 0 fully saturated rings. The van der Waals surface area contributed by atoms with Crippen LogP contribution in [0.2, 0.25) is 0 Å². The Morgan fingerprint density at radius 2 is 1.55 bits per heavy atom. The number of hydrogen-bond acceptors (Lipinski definition) is 6. The molecule has 6 heteroatoms. The van der Waals surface area contributed by atoms with Crippen LogP contribution < -0.4 is 21.6 Å². The maximum absolute atomic E-state index is 12.2. The largest absolute Gasteiger partial charge is 0.287 e. The SMILES string of the molecule is O=c1c(=NNc2nc3ccccc3s2)c(=O)c2ccccc12. The van der Waals surface area contributed by atoms with Gasteiger partial charge in [0.25, 0.3) is 0 Å².